The summed E-state index contributed by atoms with van der Waals surface area (Å²) in [6, 6.07) is 27.4. The summed E-state index contributed by atoms with van der Waals surface area (Å²) in [6.07, 6.45) is 0.409. The van der Waals surface area contributed by atoms with Gasteiger partial charge in [0.25, 0.3) is 0 Å². The van der Waals surface area contributed by atoms with Gasteiger partial charge >= 0.3 is 0 Å². The second kappa shape index (κ2) is 12.3. The van der Waals surface area contributed by atoms with Gasteiger partial charge in [-0.05, 0) is 41.7 Å². The minimum absolute atomic E-state index is 0.0480. The summed E-state index contributed by atoms with van der Waals surface area (Å²) < 4.78 is 0. The quantitative estimate of drug-likeness (QED) is 0.215. The average molecular weight is 554 g/mol. The fourth-order valence-corrected chi connectivity index (χ4v) is 6.06. The van der Waals surface area contributed by atoms with Crippen molar-refractivity contribution in [3.8, 4) is 17.2 Å². The standard InChI is InChI=1S/C32H31N3O2S2/c1-21-13-15-22(16-14-21)27-20-38-31(26(27)19-33)35-30(37)29(23-9-6-5-7-10-23)39-25-12-8-11-24(17-25)34-28(36)18-32(2,3)4/h5-17,20,29H,18H2,1-4H3,(H,34,36)(H,35,37). The Morgan fingerprint density at radius 2 is 1.69 bits per heavy atom. The lowest BCUT2D eigenvalue weighted by molar-refractivity contribution is -0.118. The van der Waals surface area contributed by atoms with Gasteiger partial charge in [0.2, 0.25) is 11.8 Å². The predicted molar refractivity (Wildman–Crippen MR) is 162 cm³/mol. The minimum Gasteiger partial charge on any atom is -0.326 e. The van der Waals surface area contributed by atoms with E-state index in [9.17, 15) is 14.9 Å². The summed E-state index contributed by atoms with van der Waals surface area (Å²) in [5, 5.41) is 17.8. The van der Waals surface area contributed by atoms with Crippen LogP contribution in [0.25, 0.3) is 11.1 Å². The number of thioether (sulfide) groups is 1. The highest BCUT2D eigenvalue weighted by Gasteiger charge is 2.25. The molecule has 39 heavy (non-hydrogen) atoms. The first kappa shape index (κ1) is 28.2. The topological polar surface area (TPSA) is 82.0 Å². The highest BCUT2D eigenvalue weighted by atomic mass is 32.2. The van der Waals surface area contributed by atoms with Crippen molar-refractivity contribution in [1.82, 2.24) is 0 Å². The van der Waals surface area contributed by atoms with Crippen molar-refractivity contribution in [1.29, 1.82) is 5.26 Å². The molecule has 0 fully saturated rings. The first-order valence-corrected chi connectivity index (χ1v) is 14.4. The lowest BCUT2D eigenvalue weighted by Gasteiger charge is -2.19. The van der Waals surface area contributed by atoms with Crippen molar-refractivity contribution in [2.45, 2.75) is 44.3 Å². The first-order chi connectivity index (χ1) is 18.6. The number of anilines is 2. The van der Waals surface area contributed by atoms with Gasteiger partial charge in [-0.3, -0.25) is 9.59 Å². The first-order valence-electron chi connectivity index (χ1n) is 12.6. The van der Waals surface area contributed by atoms with E-state index in [1.807, 2.05) is 112 Å². The average Bonchev–Trinajstić information content (AvgIpc) is 3.29. The Balaban J connectivity index is 1.57. The third kappa shape index (κ3) is 7.60. The van der Waals surface area contributed by atoms with Crippen molar-refractivity contribution >= 4 is 45.6 Å². The Labute approximate surface area is 238 Å². The highest BCUT2D eigenvalue weighted by Crippen LogP contribution is 2.40. The van der Waals surface area contributed by atoms with Gasteiger partial charge in [-0.2, -0.15) is 5.26 Å². The number of nitrogens with zero attached hydrogens (tertiary/aromatic N) is 1. The van der Waals surface area contributed by atoms with E-state index in [-0.39, 0.29) is 17.2 Å². The number of aryl methyl sites for hydroxylation is 1. The maximum atomic E-state index is 13.7. The molecule has 4 aromatic rings. The van der Waals surface area contributed by atoms with Gasteiger partial charge in [0.05, 0.1) is 5.56 Å². The molecule has 5 nitrogen and oxygen atoms in total. The van der Waals surface area contributed by atoms with Crippen molar-refractivity contribution < 1.29 is 9.59 Å². The van der Waals surface area contributed by atoms with Gasteiger partial charge in [0.15, 0.2) is 0 Å². The normalized spacial score (nSPS) is 11.9. The third-order valence-electron chi connectivity index (χ3n) is 5.91. The smallest absolute Gasteiger partial charge is 0.243 e. The zero-order valence-electron chi connectivity index (χ0n) is 22.4. The summed E-state index contributed by atoms with van der Waals surface area (Å²) >= 11 is 2.75. The lowest BCUT2D eigenvalue weighted by atomic mass is 9.92. The molecule has 0 aliphatic carbocycles. The molecular formula is C32H31N3O2S2. The maximum absolute atomic E-state index is 13.7. The Morgan fingerprint density at radius 1 is 0.974 bits per heavy atom. The van der Waals surface area contributed by atoms with E-state index in [1.54, 1.807) is 0 Å². The van der Waals surface area contributed by atoms with Gasteiger partial charge in [0, 0.05) is 27.9 Å². The fraction of sp³-hybridized carbons (Fsp3) is 0.219. The summed E-state index contributed by atoms with van der Waals surface area (Å²) in [7, 11) is 0. The van der Waals surface area contributed by atoms with Crippen LogP contribution in [0.3, 0.4) is 0 Å². The molecule has 1 unspecified atom stereocenters. The molecule has 7 heteroatoms. The molecule has 0 spiro atoms. The lowest BCUT2D eigenvalue weighted by Crippen LogP contribution is -2.20. The molecule has 4 rings (SSSR count). The molecule has 2 N–H and O–H groups in total. The van der Waals surface area contributed by atoms with Gasteiger partial charge in [-0.15, -0.1) is 23.1 Å². The number of carbonyl (C=O) groups excluding carboxylic acids is 2. The molecule has 0 aliphatic heterocycles. The largest absolute Gasteiger partial charge is 0.326 e. The molecule has 1 heterocycles. The molecule has 0 bridgehead atoms. The monoisotopic (exact) mass is 553 g/mol. The molecule has 0 aliphatic rings. The predicted octanol–water partition coefficient (Wildman–Crippen LogP) is 8.44. The SMILES string of the molecule is Cc1ccc(-c2csc(NC(=O)C(Sc3cccc(NC(=O)CC(C)(C)C)c3)c3ccccc3)c2C#N)cc1. The number of hydrogen-bond acceptors (Lipinski definition) is 5. The highest BCUT2D eigenvalue weighted by molar-refractivity contribution is 8.00. The van der Waals surface area contributed by atoms with Crippen molar-refractivity contribution in [2.75, 3.05) is 10.6 Å². The molecule has 0 saturated carbocycles. The number of benzene rings is 3. The van der Waals surface area contributed by atoms with Crippen LogP contribution in [0.1, 0.15) is 49.1 Å². The van der Waals surface area contributed by atoms with Crippen LogP contribution in [0, 0.1) is 23.7 Å². The molecule has 198 valence electrons. The van der Waals surface area contributed by atoms with Crippen LogP contribution < -0.4 is 10.6 Å². The van der Waals surface area contributed by atoms with Crippen LogP contribution in [0.2, 0.25) is 0 Å². The molecule has 0 saturated heterocycles. The number of nitriles is 1. The number of carbonyl (C=O) groups is 2. The van der Waals surface area contributed by atoms with E-state index in [1.165, 1.54) is 23.1 Å². The van der Waals surface area contributed by atoms with E-state index in [0.717, 1.165) is 27.1 Å². The van der Waals surface area contributed by atoms with Gasteiger partial charge in [-0.1, -0.05) is 87.0 Å². The Kier molecular flexibility index (Phi) is 8.90. The second-order valence-electron chi connectivity index (χ2n) is 10.5. The summed E-state index contributed by atoms with van der Waals surface area (Å²) in [6.45, 7) is 8.09. The third-order valence-corrected chi connectivity index (χ3v) is 8.05. The van der Waals surface area contributed by atoms with Crippen LogP contribution in [0.15, 0.2) is 89.1 Å². The van der Waals surface area contributed by atoms with E-state index >= 15 is 0 Å². The van der Waals surface area contributed by atoms with Crippen LogP contribution >= 0.6 is 23.1 Å². The Bertz CT molecular complexity index is 1500. The van der Waals surface area contributed by atoms with Gasteiger partial charge in [0.1, 0.15) is 16.3 Å². The number of nitrogens with one attached hydrogen (secondary N) is 2. The Hall–Kier alpha value is -3.86. The Morgan fingerprint density at radius 3 is 2.36 bits per heavy atom. The van der Waals surface area contributed by atoms with Crippen molar-refractivity contribution in [3.05, 3.63) is 101 Å². The fourth-order valence-electron chi connectivity index (χ4n) is 4.05. The molecule has 1 atom stereocenters. The van der Waals surface area contributed by atoms with E-state index < -0.39 is 5.25 Å². The van der Waals surface area contributed by atoms with E-state index in [2.05, 4.69) is 16.7 Å². The van der Waals surface area contributed by atoms with Gasteiger partial charge < -0.3 is 10.6 Å². The van der Waals surface area contributed by atoms with Crippen LogP contribution in [0.5, 0.6) is 0 Å². The summed E-state index contributed by atoms with van der Waals surface area (Å²) in [5.41, 5.74) is 4.76. The van der Waals surface area contributed by atoms with Crippen LogP contribution in [0.4, 0.5) is 10.7 Å². The van der Waals surface area contributed by atoms with E-state index in [0.29, 0.717) is 22.7 Å². The number of rotatable bonds is 8. The second-order valence-corrected chi connectivity index (χ2v) is 12.6. The number of hydrogen-bond donors (Lipinski definition) is 2. The molecular weight excluding hydrogens is 523 g/mol. The number of thiophene rings is 1. The molecule has 2 amide bonds. The minimum atomic E-state index is -0.566. The summed E-state index contributed by atoms with van der Waals surface area (Å²) in [4.78, 5) is 27.0. The van der Waals surface area contributed by atoms with Crippen molar-refractivity contribution in [3.63, 3.8) is 0 Å². The van der Waals surface area contributed by atoms with Crippen molar-refractivity contribution in [2.24, 2.45) is 5.41 Å². The molecule has 1 aromatic heterocycles. The molecule has 3 aromatic carbocycles. The maximum Gasteiger partial charge on any atom is 0.243 e. The van der Waals surface area contributed by atoms with Crippen LogP contribution in [-0.4, -0.2) is 11.8 Å². The van der Waals surface area contributed by atoms with Crippen LogP contribution in [-0.2, 0) is 9.59 Å². The van der Waals surface area contributed by atoms with E-state index in [4.69, 9.17) is 0 Å². The zero-order chi connectivity index (χ0) is 28.0. The van der Waals surface area contributed by atoms with Gasteiger partial charge in [-0.25, -0.2) is 0 Å². The number of amides is 2. The zero-order valence-corrected chi connectivity index (χ0v) is 24.1. The summed E-state index contributed by atoms with van der Waals surface area (Å²) in [5.74, 6) is -0.268. The molecule has 0 radical (unpaired) electrons.